The molecule has 0 N–H and O–H groups in total. The molecule has 2 heterocycles. The van der Waals surface area contributed by atoms with Gasteiger partial charge in [-0.3, -0.25) is 9.88 Å². The Hall–Kier alpha value is -2.92. The van der Waals surface area contributed by atoms with E-state index in [1.807, 2.05) is 24.3 Å². The molecule has 0 saturated heterocycles. The van der Waals surface area contributed by atoms with Crippen molar-refractivity contribution in [2.24, 2.45) is 0 Å². The van der Waals surface area contributed by atoms with E-state index in [-0.39, 0.29) is 0 Å². The molecule has 148 valence electrons. The molecule has 0 fully saturated rings. The van der Waals surface area contributed by atoms with E-state index in [2.05, 4.69) is 28.1 Å². The first kappa shape index (κ1) is 19.4. The van der Waals surface area contributed by atoms with Gasteiger partial charge in [0.15, 0.2) is 0 Å². The van der Waals surface area contributed by atoms with Crippen molar-refractivity contribution < 1.29 is 13.2 Å². The lowest BCUT2D eigenvalue weighted by Gasteiger charge is -2.26. The highest BCUT2D eigenvalue weighted by Gasteiger charge is 2.30. The summed E-state index contributed by atoms with van der Waals surface area (Å²) in [5.74, 6) is 0. The molecule has 1 aromatic heterocycles. The van der Waals surface area contributed by atoms with Gasteiger partial charge in [0.2, 0.25) is 0 Å². The zero-order valence-electron chi connectivity index (χ0n) is 15.9. The molecular weight excluding hydrogens is 373 g/mol. The summed E-state index contributed by atoms with van der Waals surface area (Å²) in [5, 5.41) is 0. The molecule has 0 atom stereocenters. The van der Waals surface area contributed by atoms with Gasteiger partial charge in [-0.1, -0.05) is 48.5 Å². The van der Waals surface area contributed by atoms with Crippen LogP contribution < -0.4 is 0 Å². The van der Waals surface area contributed by atoms with Crippen LogP contribution in [0.5, 0.6) is 0 Å². The standard InChI is InChI=1S/C24H21F3N2/c25-24(26,27)22-8-4-7-20(15-22)21-9-12-28-23(16-21)17-29-13-10-19(11-14-29)18-5-2-1-3-6-18/h1-10,12,15-16H,11,13-14,17H2. The second-order valence-electron chi connectivity index (χ2n) is 7.19. The van der Waals surface area contributed by atoms with E-state index in [0.717, 1.165) is 36.8 Å². The minimum Gasteiger partial charge on any atom is -0.294 e. The number of pyridine rings is 1. The molecule has 4 rings (SSSR count). The first-order chi connectivity index (χ1) is 14.0. The average molecular weight is 394 g/mol. The van der Waals surface area contributed by atoms with Crippen LogP contribution >= 0.6 is 0 Å². The lowest BCUT2D eigenvalue weighted by molar-refractivity contribution is -0.137. The minimum absolute atomic E-state index is 0.549. The van der Waals surface area contributed by atoms with Gasteiger partial charge in [-0.25, -0.2) is 0 Å². The van der Waals surface area contributed by atoms with Crippen molar-refractivity contribution in [3.05, 3.63) is 95.8 Å². The van der Waals surface area contributed by atoms with Crippen molar-refractivity contribution in [3.63, 3.8) is 0 Å². The zero-order chi connectivity index (χ0) is 20.3. The summed E-state index contributed by atoms with van der Waals surface area (Å²) in [6, 6.07) is 19.4. The predicted octanol–water partition coefficient (Wildman–Crippen LogP) is 6.06. The smallest absolute Gasteiger partial charge is 0.294 e. The molecule has 3 aromatic rings. The molecule has 0 bridgehead atoms. The molecule has 2 nitrogen and oxygen atoms in total. The molecule has 0 radical (unpaired) electrons. The van der Waals surface area contributed by atoms with Gasteiger partial charge in [0.05, 0.1) is 11.3 Å². The molecule has 0 unspecified atom stereocenters. The number of alkyl halides is 3. The Balaban J connectivity index is 1.47. The molecule has 5 heteroatoms. The lowest BCUT2D eigenvalue weighted by atomic mass is 9.99. The largest absolute Gasteiger partial charge is 0.416 e. The van der Waals surface area contributed by atoms with E-state index in [9.17, 15) is 13.2 Å². The maximum atomic E-state index is 13.0. The number of benzene rings is 2. The van der Waals surface area contributed by atoms with Gasteiger partial charge in [-0.15, -0.1) is 0 Å². The lowest BCUT2D eigenvalue weighted by Crippen LogP contribution is -2.28. The third-order valence-corrected chi connectivity index (χ3v) is 5.16. The van der Waals surface area contributed by atoms with E-state index >= 15 is 0 Å². The van der Waals surface area contributed by atoms with Crippen LogP contribution in [0.3, 0.4) is 0 Å². The Morgan fingerprint density at radius 3 is 2.34 bits per heavy atom. The van der Waals surface area contributed by atoms with Crippen molar-refractivity contribution in [2.75, 3.05) is 13.1 Å². The van der Waals surface area contributed by atoms with E-state index in [0.29, 0.717) is 12.1 Å². The summed E-state index contributed by atoms with van der Waals surface area (Å²) in [7, 11) is 0. The van der Waals surface area contributed by atoms with E-state index in [4.69, 9.17) is 0 Å². The van der Waals surface area contributed by atoms with E-state index in [1.54, 1.807) is 18.3 Å². The van der Waals surface area contributed by atoms with Crippen LogP contribution in [0.25, 0.3) is 16.7 Å². The SMILES string of the molecule is FC(F)(F)c1cccc(-c2ccnc(CN3CC=C(c4ccccc4)CC3)c2)c1. The van der Waals surface area contributed by atoms with Gasteiger partial charge in [0.1, 0.15) is 0 Å². The number of nitrogens with zero attached hydrogens (tertiary/aromatic N) is 2. The quantitative estimate of drug-likeness (QED) is 0.535. The van der Waals surface area contributed by atoms with Crippen LogP contribution in [0.4, 0.5) is 13.2 Å². The van der Waals surface area contributed by atoms with Crippen molar-refractivity contribution in [1.82, 2.24) is 9.88 Å². The fourth-order valence-corrected chi connectivity index (χ4v) is 3.62. The van der Waals surface area contributed by atoms with Gasteiger partial charge in [0.25, 0.3) is 0 Å². The number of rotatable bonds is 4. The fourth-order valence-electron chi connectivity index (χ4n) is 3.62. The van der Waals surface area contributed by atoms with Crippen LogP contribution in [0.2, 0.25) is 0 Å². The fraction of sp³-hybridized carbons (Fsp3) is 0.208. The van der Waals surface area contributed by atoms with Crippen LogP contribution in [0.15, 0.2) is 79.0 Å². The van der Waals surface area contributed by atoms with Crippen molar-refractivity contribution in [3.8, 4) is 11.1 Å². The average Bonchev–Trinajstić information content (AvgIpc) is 2.75. The van der Waals surface area contributed by atoms with Crippen molar-refractivity contribution >= 4 is 5.57 Å². The van der Waals surface area contributed by atoms with E-state index in [1.165, 1.54) is 23.3 Å². The third kappa shape index (κ3) is 4.74. The highest BCUT2D eigenvalue weighted by molar-refractivity contribution is 5.66. The van der Waals surface area contributed by atoms with Crippen LogP contribution in [0.1, 0.15) is 23.2 Å². The number of aromatic nitrogens is 1. The Labute approximate surface area is 168 Å². The van der Waals surface area contributed by atoms with Gasteiger partial charge >= 0.3 is 6.18 Å². The molecule has 2 aromatic carbocycles. The third-order valence-electron chi connectivity index (χ3n) is 5.16. The molecule has 0 aliphatic carbocycles. The maximum absolute atomic E-state index is 13.0. The van der Waals surface area contributed by atoms with Gasteiger partial charge in [-0.05, 0) is 52.9 Å². The normalized spacial score (nSPS) is 15.2. The molecule has 1 aliphatic heterocycles. The number of hydrogen-bond donors (Lipinski definition) is 0. The molecule has 0 amide bonds. The zero-order valence-corrected chi connectivity index (χ0v) is 15.9. The number of hydrogen-bond acceptors (Lipinski definition) is 2. The van der Waals surface area contributed by atoms with Crippen molar-refractivity contribution in [2.45, 2.75) is 19.1 Å². The molecule has 29 heavy (non-hydrogen) atoms. The summed E-state index contributed by atoms with van der Waals surface area (Å²) < 4.78 is 39.0. The topological polar surface area (TPSA) is 16.1 Å². The van der Waals surface area contributed by atoms with Crippen LogP contribution in [-0.4, -0.2) is 23.0 Å². The second kappa shape index (κ2) is 8.21. The second-order valence-corrected chi connectivity index (χ2v) is 7.19. The van der Waals surface area contributed by atoms with Gasteiger partial charge in [0, 0.05) is 25.8 Å². The Kier molecular flexibility index (Phi) is 5.49. The first-order valence-corrected chi connectivity index (χ1v) is 9.58. The molecular formula is C24H21F3N2. The minimum atomic E-state index is -4.34. The first-order valence-electron chi connectivity index (χ1n) is 9.58. The maximum Gasteiger partial charge on any atom is 0.416 e. The summed E-state index contributed by atoms with van der Waals surface area (Å²) in [4.78, 5) is 6.72. The van der Waals surface area contributed by atoms with Crippen LogP contribution in [-0.2, 0) is 12.7 Å². The monoisotopic (exact) mass is 394 g/mol. The van der Waals surface area contributed by atoms with Gasteiger partial charge in [-0.2, -0.15) is 13.2 Å². The summed E-state index contributed by atoms with van der Waals surface area (Å²) in [5.41, 5.74) is 4.13. The van der Waals surface area contributed by atoms with Crippen molar-refractivity contribution in [1.29, 1.82) is 0 Å². The highest BCUT2D eigenvalue weighted by atomic mass is 19.4. The summed E-state index contributed by atoms with van der Waals surface area (Å²) in [6.07, 6.45) is 0.537. The van der Waals surface area contributed by atoms with E-state index < -0.39 is 11.7 Å². The number of halogens is 3. The van der Waals surface area contributed by atoms with Crippen LogP contribution in [0, 0.1) is 0 Å². The Morgan fingerprint density at radius 1 is 0.862 bits per heavy atom. The Morgan fingerprint density at radius 2 is 1.62 bits per heavy atom. The predicted molar refractivity (Wildman–Crippen MR) is 109 cm³/mol. The van der Waals surface area contributed by atoms with Gasteiger partial charge < -0.3 is 0 Å². The molecule has 0 saturated carbocycles. The highest BCUT2D eigenvalue weighted by Crippen LogP contribution is 2.32. The summed E-state index contributed by atoms with van der Waals surface area (Å²) >= 11 is 0. The molecule has 1 aliphatic rings. The summed E-state index contributed by atoms with van der Waals surface area (Å²) in [6.45, 7) is 2.43. The molecule has 0 spiro atoms. The Bertz CT molecular complexity index is 1010.